The van der Waals surface area contributed by atoms with Crippen molar-refractivity contribution in [3.05, 3.63) is 114 Å². The highest BCUT2D eigenvalue weighted by molar-refractivity contribution is 7.92. The van der Waals surface area contributed by atoms with Crippen LogP contribution >= 0.6 is 0 Å². The summed E-state index contributed by atoms with van der Waals surface area (Å²) in [5, 5.41) is 0. The Morgan fingerprint density at radius 1 is 0.758 bits per heavy atom. The van der Waals surface area contributed by atoms with Crippen LogP contribution in [-0.2, 0) is 16.6 Å². The molecule has 0 N–H and O–H groups in total. The zero-order chi connectivity index (χ0) is 23.4. The molecule has 0 saturated carbocycles. The van der Waals surface area contributed by atoms with Gasteiger partial charge in [-0.3, -0.25) is 4.31 Å². The lowest BCUT2D eigenvalue weighted by molar-refractivity contribution is 0.483. The maximum atomic E-state index is 12.6. The lowest BCUT2D eigenvalue weighted by Crippen LogP contribution is -2.29. The molecule has 0 bridgehead atoms. The standard InChI is InChI=1S/C28H27NO3S/c1-21-9-11-23(12-10-21)20-29(33(3,30)31)25-15-18-28(22(2)19-25)24-13-16-27(17-14-24)32-26-7-5-4-6-8-26/h4-19H,20H2,1-3H3. The molecule has 0 heterocycles. The Morgan fingerprint density at radius 2 is 1.39 bits per heavy atom. The second-order valence-electron chi connectivity index (χ2n) is 8.19. The fraction of sp³-hybridized carbons (Fsp3) is 0.143. The molecule has 0 aliphatic rings. The van der Waals surface area contributed by atoms with Gasteiger partial charge in [-0.25, -0.2) is 8.42 Å². The normalized spacial score (nSPS) is 11.2. The Hall–Kier alpha value is -3.57. The van der Waals surface area contributed by atoms with Gasteiger partial charge in [-0.05, 0) is 72.5 Å². The van der Waals surface area contributed by atoms with Crippen molar-refractivity contribution in [2.24, 2.45) is 0 Å². The maximum absolute atomic E-state index is 12.6. The highest BCUT2D eigenvalue weighted by Crippen LogP contribution is 2.31. The first kappa shape index (κ1) is 22.6. The van der Waals surface area contributed by atoms with Gasteiger partial charge in [0.05, 0.1) is 18.5 Å². The van der Waals surface area contributed by atoms with Crippen LogP contribution in [0.3, 0.4) is 0 Å². The van der Waals surface area contributed by atoms with Crippen molar-refractivity contribution in [2.75, 3.05) is 10.6 Å². The van der Waals surface area contributed by atoms with Crippen molar-refractivity contribution in [3.63, 3.8) is 0 Å². The predicted octanol–water partition coefficient (Wildman–Crippen LogP) is 6.73. The first-order valence-corrected chi connectivity index (χ1v) is 12.6. The van der Waals surface area contributed by atoms with Gasteiger partial charge in [0, 0.05) is 0 Å². The lowest BCUT2D eigenvalue weighted by Gasteiger charge is -2.24. The predicted molar refractivity (Wildman–Crippen MR) is 135 cm³/mol. The molecule has 4 aromatic carbocycles. The number of benzene rings is 4. The van der Waals surface area contributed by atoms with E-state index in [-0.39, 0.29) is 0 Å². The van der Waals surface area contributed by atoms with Gasteiger partial charge in [0.2, 0.25) is 10.0 Å². The Labute approximate surface area is 196 Å². The Bertz CT molecular complexity index is 1330. The van der Waals surface area contributed by atoms with Gasteiger partial charge in [-0.1, -0.05) is 66.2 Å². The summed E-state index contributed by atoms with van der Waals surface area (Å²) in [6.07, 6.45) is 1.25. The molecule has 0 spiro atoms. The molecule has 4 rings (SSSR count). The van der Waals surface area contributed by atoms with Crippen molar-refractivity contribution in [2.45, 2.75) is 20.4 Å². The minimum Gasteiger partial charge on any atom is -0.457 e. The fourth-order valence-electron chi connectivity index (χ4n) is 3.71. The summed E-state index contributed by atoms with van der Waals surface area (Å²) >= 11 is 0. The summed E-state index contributed by atoms with van der Waals surface area (Å²) in [5.41, 5.74) is 5.84. The van der Waals surface area contributed by atoms with E-state index in [1.54, 1.807) is 0 Å². The minimum absolute atomic E-state index is 0.295. The number of ether oxygens (including phenoxy) is 1. The van der Waals surface area contributed by atoms with E-state index in [0.717, 1.165) is 39.3 Å². The molecular formula is C28H27NO3S. The second-order valence-corrected chi connectivity index (χ2v) is 10.1. The minimum atomic E-state index is -3.44. The Balaban J connectivity index is 1.57. The molecular weight excluding hydrogens is 430 g/mol. The summed E-state index contributed by atoms with van der Waals surface area (Å²) in [7, 11) is -3.44. The maximum Gasteiger partial charge on any atom is 0.232 e. The van der Waals surface area contributed by atoms with E-state index in [0.29, 0.717) is 12.2 Å². The third kappa shape index (κ3) is 5.62. The van der Waals surface area contributed by atoms with E-state index in [1.807, 2.05) is 111 Å². The molecule has 5 heteroatoms. The van der Waals surface area contributed by atoms with E-state index in [9.17, 15) is 8.42 Å². The third-order valence-electron chi connectivity index (χ3n) is 5.49. The SMILES string of the molecule is Cc1ccc(CN(c2ccc(-c3ccc(Oc4ccccc4)cc3)c(C)c2)S(C)(=O)=O)cc1. The van der Waals surface area contributed by atoms with Gasteiger partial charge in [-0.2, -0.15) is 0 Å². The molecule has 4 nitrogen and oxygen atoms in total. The summed E-state index contributed by atoms with van der Waals surface area (Å²) in [5.74, 6) is 1.56. The molecule has 0 amide bonds. The van der Waals surface area contributed by atoms with E-state index in [1.165, 1.54) is 10.6 Å². The molecule has 0 aliphatic heterocycles. The Kier molecular flexibility index (Phi) is 6.52. The fourth-order valence-corrected chi connectivity index (χ4v) is 4.59. The van der Waals surface area contributed by atoms with E-state index in [4.69, 9.17) is 4.74 Å². The number of aryl methyl sites for hydroxylation is 2. The van der Waals surface area contributed by atoms with Crippen LogP contribution < -0.4 is 9.04 Å². The zero-order valence-corrected chi connectivity index (χ0v) is 19.8. The molecule has 0 saturated heterocycles. The largest absolute Gasteiger partial charge is 0.457 e. The molecule has 0 atom stereocenters. The zero-order valence-electron chi connectivity index (χ0n) is 19.0. The van der Waals surface area contributed by atoms with E-state index in [2.05, 4.69) is 0 Å². The van der Waals surface area contributed by atoms with Crippen molar-refractivity contribution >= 4 is 15.7 Å². The molecule has 33 heavy (non-hydrogen) atoms. The van der Waals surface area contributed by atoms with Gasteiger partial charge >= 0.3 is 0 Å². The molecule has 0 aromatic heterocycles. The van der Waals surface area contributed by atoms with Gasteiger partial charge in [0.25, 0.3) is 0 Å². The Morgan fingerprint density at radius 3 is 2.00 bits per heavy atom. The average molecular weight is 458 g/mol. The lowest BCUT2D eigenvalue weighted by atomic mass is 10.00. The van der Waals surface area contributed by atoms with Crippen molar-refractivity contribution in [3.8, 4) is 22.6 Å². The van der Waals surface area contributed by atoms with Crippen LogP contribution in [-0.4, -0.2) is 14.7 Å². The number of nitrogens with zero attached hydrogens (tertiary/aromatic N) is 1. The number of para-hydroxylation sites is 1. The molecule has 0 fully saturated rings. The van der Waals surface area contributed by atoms with E-state index >= 15 is 0 Å². The van der Waals surface area contributed by atoms with Crippen LogP contribution in [0.15, 0.2) is 97.1 Å². The third-order valence-corrected chi connectivity index (χ3v) is 6.63. The highest BCUT2D eigenvalue weighted by Gasteiger charge is 2.19. The molecule has 4 aromatic rings. The van der Waals surface area contributed by atoms with Crippen LogP contribution in [0, 0.1) is 13.8 Å². The van der Waals surface area contributed by atoms with Crippen LogP contribution in [0.5, 0.6) is 11.5 Å². The first-order chi connectivity index (χ1) is 15.8. The highest BCUT2D eigenvalue weighted by atomic mass is 32.2. The number of hydrogen-bond donors (Lipinski definition) is 0. The molecule has 0 unspecified atom stereocenters. The number of sulfonamides is 1. The number of anilines is 1. The van der Waals surface area contributed by atoms with Crippen LogP contribution in [0.1, 0.15) is 16.7 Å². The molecule has 0 radical (unpaired) electrons. The summed E-state index contributed by atoms with van der Waals surface area (Å²) < 4.78 is 32.5. The number of hydrogen-bond acceptors (Lipinski definition) is 3. The van der Waals surface area contributed by atoms with Gasteiger partial charge in [0.15, 0.2) is 0 Å². The summed E-state index contributed by atoms with van der Waals surface area (Å²) in [4.78, 5) is 0. The molecule has 0 aliphatic carbocycles. The topological polar surface area (TPSA) is 46.6 Å². The first-order valence-electron chi connectivity index (χ1n) is 10.8. The summed E-state index contributed by atoms with van der Waals surface area (Å²) in [6.45, 7) is 4.31. The van der Waals surface area contributed by atoms with Crippen LogP contribution in [0.4, 0.5) is 5.69 Å². The van der Waals surface area contributed by atoms with E-state index < -0.39 is 10.0 Å². The van der Waals surface area contributed by atoms with Crippen LogP contribution in [0.25, 0.3) is 11.1 Å². The second kappa shape index (κ2) is 9.51. The average Bonchev–Trinajstić information content (AvgIpc) is 2.79. The van der Waals surface area contributed by atoms with Crippen LogP contribution in [0.2, 0.25) is 0 Å². The van der Waals surface area contributed by atoms with Crippen molar-refractivity contribution in [1.82, 2.24) is 0 Å². The summed E-state index contributed by atoms with van der Waals surface area (Å²) in [6, 6.07) is 31.3. The van der Waals surface area contributed by atoms with Crippen molar-refractivity contribution in [1.29, 1.82) is 0 Å². The van der Waals surface area contributed by atoms with Gasteiger partial charge in [-0.15, -0.1) is 0 Å². The van der Waals surface area contributed by atoms with Crippen molar-refractivity contribution < 1.29 is 13.2 Å². The number of rotatable bonds is 7. The van der Waals surface area contributed by atoms with Gasteiger partial charge < -0.3 is 4.74 Å². The van der Waals surface area contributed by atoms with Gasteiger partial charge in [0.1, 0.15) is 11.5 Å². The quantitative estimate of drug-likeness (QED) is 0.309. The molecule has 168 valence electrons. The monoisotopic (exact) mass is 457 g/mol. The smallest absolute Gasteiger partial charge is 0.232 e.